The number of carbonyl (C=O) groups excluding carboxylic acids is 2. The second-order valence-electron chi connectivity index (χ2n) is 6.55. The molecule has 1 aliphatic rings. The highest BCUT2D eigenvalue weighted by Crippen LogP contribution is 2.38. The Kier molecular flexibility index (Phi) is 4.83. The molecule has 130 valence electrons. The van der Waals surface area contributed by atoms with Crippen molar-refractivity contribution in [3.8, 4) is 0 Å². The maximum Gasteiger partial charge on any atom is 0.260 e. The van der Waals surface area contributed by atoms with E-state index in [0.717, 1.165) is 17.7 Å². The van der Waals surface area contributed by atoms with Crippen LogP contribution < -0.4 is 10.2 Å². The zero-order valence-corrected chi connectivity index (χ0v) is 14.8. The van der Waals surface area contributed by atoms with E-state index in [4.69, 9.17) is 0 Å². The molecule has 1 N–H and O–H groups in total. The highest BCUT2D eigenvalue weighted by molar-refractivity contribution is 6.11. The molecule has 5 nitrogen and oxygen atoms in total. The van der Waals surface area contributed by atoms with E-state index in [1.807, 2.05) is 45.0 Å². The predicted octanol–water partition coefficient (Wildman–Crippen LogP) is 3.40. The fourth-order valence-electron chi connectivity index (χ4n) is 3.13. The van der Waals surface area contributed by atoms with Gasteiger partial charge in [0, 0.05) is 17.9 Å². The number of hydrogen-bond donors (Lipinski definition) is 1. The van der Waals surface area contributed by atoms with Crippen LogP contribution in [0.25, 0.3) is 0 Å². The average molecular weight is 337 g/mol. The van der Waals surface area contributed by atoms with Crippen LogP contribution in [0.2, 0.25) is 0 Å². The zero-order chi connectivity index (χ0) is 18.0. The van der Waals surface area contributed by atoms with Gasteiger partial charge in [0.1, 0.15) is 0 Å². The van der Waals surface area contributed by atoms with Crippen molar-refractivity contribution in [2.75, 3.05) is 4.90 Å². The van der Waals surface area contributed by atoms with E-state index in [0.29, 0.717) is 11.3 Å². The maximum absolute atomic E-state index is 12.9. The number of fused-ring (bicyclic) bond motifs is 1. The summed E-state index contributed by atoms with van der Waals surface area (Å²) in [6.45, 7) is 5.99. The number of hydrogen-bond acceptors (Lipinski definition) is 3. The Labute approximate surface area is 148 Å². The number of benzene rings is 1. The second kappa shape index (κ2) is 7.05. The smallest absolute Gasteiger partial charge is 0.260 e. The van der Waals surface area contributed by atoms with Gasteiger partial charge in [0.2, 0.25) is 5.91 Å². The molecule has 2 heterocycles. The first-order valence-corrected chi connectivity index (χ1v) is 8.65. The molecule has 3 rings (SSSR count). The van der Waals surface area contributed by atoms with Crippen LogP contribution in [0.4, 0.5) is 5.69 Å². The Morgan fingerprint density at radius 2 is 2.12 bits per heavy atom. The van der Waals surface area contributed by atoms with Crippen LogP contribution in [0.1, 0.15) is 54.3 Å². The van der Waals surface area contributed by atoms with Gasteiger partial charge in [-0.1, -0.05) is 19.1 Å². The fourth-order valence-corrected chi connectivity index (χ4v) is 3.13. The molecule has 25 heavy (non-hydrogen) atoms. The summed E-state index contributed by atoms with van der Waals surface area (Å²) in [7, 11) is 0. The second-order valence-corrected chi connectivity index (χ2v) is 6.55. The Morgan fingerprint density at radius 1 is 1.32 bits per heavy atom. The molecular formula is C20H23N3O2. The molecule has 2 aromatic rings. The SMILES string of the molecule is CC[C@H](C)NC(=O)C[C@@H]1c2ncccc2C(=O)N1c1cccc(C)c1. The minimum Gasteiger partial charge on any atom is -0.354 e. The molecular weight excluding hydrogens is 314 g/mol. The first-order valence-electron chi connectivity index (χ1n) is 8.65. The number of anilines is 1. The number of aryl methyl sites for hydroxylation is 1. The van der Waals surface area contributed by atoms with Crippen molar-refractivity contribution in [1.82, 2.24) is 10.3 Å². The average Bonchev–Trinajstić information content (AvgIpc) is 2.87. The standard InChI is InChI=1S/C20H23N3O2/c1-4-14(3)22-18(24)12-17-19-16(9-6-10-21-19)20(25)23(17)15-8-5-7-13(2)11-15/h5-11,14,17H,4,12H2,1-3H3,(H,22,24)/t14-,17+/m0/s1. The number of carbonyl (C=O) groups is 2. The lowest BCUT2D eigenvalue weighted by atomic mass is 10.1. The number of pyridine rings is 1. The Morgan fingerprint density at radius 3 is 2.84 bits per heavy atom. The summed E-state index contributed by atoms with van der Waals surface area (Å²) in [6, 6.07) is 11.0. The molecule has 1 aliphatic heterocycles. The van der Waals surface area contributed by atoms with Crippen LogP contribution in [-0.4, -0.2) is 22.8 Å². The van der Waals surface area contributed by atoms with Gasteiger partial charge in [-0.3, -0.25) is 19.5 Å². The molecule has 0 bridgehead atoms. The molecule has 0 saturated heterocycles. The van der Waals surface area contributed by atoms with Gasteiger partial charge in [-0.25, -0.2) is 0 Å². The Hall–Kier alpha value is -2.69. The molecule has 0 saturated carbocycles. The number of nitrogens with zero attached hydrogens (tertiary/aromatic N) is 2. The third-order valence-electron chi connectivity index (χ3n) is 4.59. The molecule has 0 fully saturated rings. The monoisotopic (exact) mass is 337 g/mol. The number of amides is 2. The molecule has 0 aliphatic carbocycles. The molecule has 0 spiro atoms. The summed E-state index contributed by atoms with van der Waals surface area (Å²) >= 11 is 0. The highest BCUT2D eigenvalue weighted by Gasteiger charge is 2.39. The number of rotatable bonds is 5. The molecule has 0 radical (unpaired) electrons. The summed E-state index contributed by atoms with van der Waals surface area (Å²) in [5.74, 6) is -0.168. The third-order valence-corrected chi connectivity index (χ3v) is 4.59. The molecule has 2 amide bonds. The van der Waals surface area contributed by atoms with E-state index >= 15 is 0 Å². The van der Waals surface area contributed by atoms with Gasteiger partial charge in [0.05, 0.1) is 23.7 Å². The molecule has 1 aromatic heterocycles. The fraction of sp³-hybridized carbons (Fsp3) is 0.350. The lowest BCUT2D eigenvalue weighted by molar-refractivity contribution is -0.122. The number of nitrogens with one attached hydrogen (secondary N) is 1. The molecule has 2 atom stereocenters. The first kappa shape index (κ1) is 17.1. The van der Waals surface area contributed by atoms with E-state index < -0.39 is 0 Å². The van der Waals surface area contributed by atoms with Crippen molar-refractivity contribution in [1.29, 1.82) is 0 Å². The van der Waals surface area contributed by atoms with Crippen molar-refractivity contribution >= 4 is 17.5 Å². The van der Waals surface area contributed by atoms with Crippen molar-refractivity contribution < 1.29 is 9.59 Å². The summed E-state index contributed by atoms with van der Waals surface area (Å²) in [4.78, 5) is 31.5. The topological polar surface area (TPSA) is 62.3 Å². The normalized spacial score (nSPS) is 17.3. The van der Waals surface area contributed by atoms with Crippen molar-refractivity contribution in [2.24, 2.45) is 0 Å². The van der Waals surface area contributed by atoms with Crippen LogP contribution in [0.3, 0.4) is 0 Å². The van der Waals surface area contributed by atoms with E-state index in [2.05, 4.69) is 10.3 Å². The molecule has 0 unspecified atom stereocenters. The van der Waals surface area contributed by atoms with Gasteiger partial charge in [0.25, 0.3) is 5.91 Å². The van der Waals surface area contributed by atoms with Crippen LogP contribution >= 0.6 is 0 Å². The minimum absolute atomic E-state index is 0.0664. The number of aromatic nitrogens is 1. The van der Waals surface area contributed by atoms with Gasteiger partial charge in [0.15, 0.2) is 0 Å². The lowest BCUT2D eigenvalue weighted by Gasteiger charge is -2.25. The van der Waals surface area contributed by atoms with Crippen LogP contribution in [0, 0.1) is 6.92 Å². The van der Waals surface area contributed by atoms with Crippen LogP contribution in [0.15, 0.2) is 42.6 Å². The van der Waals surface area contributed by atoms with Gasteiger partial charge in [-0.2, -0.15) is 0 Å². The minimum atomic E-state index is -0.380. The quantitative estimate of drug-likeness (QED) is 0.909. The van der Waals surface area contributed by atoms with E-state index in [1.165, 1.54) is 0 Å². The van der Waals surface area contributed by atoms with Crippen LogP contribution in [-0.2, 0) is 4.79 Å². The van der Waals surface area contributed by atoms with Gasteiger partial charge < -0.3 is 5.32 Å². The summed E-state index contributed by atoms with van der Waals surface area (Å²) in [5.41, 5.74) is 3.11. The van der Waals surface area contributed by atoms with E-state index in [1.54, 1.807) is 23.2 Å². The van der Waals surface area contributed by atoms with Crippen molar-refractivity contribution in [3.63, 3.8) is 0 Å². The Bertz CT molecular complexity index is 803. The van der Waals surface area contributed by atoms with Crippen molar-refractivity contribution in [3.05, 3.63) is 59.4 Å². The van der Waals surface area contributed by atoms with Crippen molar-refractivity contribution in [2.45, 2.75) is 45.7 Å². The van der Waals surface area contributed by atoms with E-state index in [-0.39, 0.29) is 30.3 Å². The predicted molar refractivity (Wildman–Crippen MR) is 97.5 cm³/mol. The first-order chi connectivity index (χ1) is 12.0. The van der Waals surface area contributed by atoms with Crippen LogP contribution in [0.5, 0.6) is 0 Å². The summed E-state index contributed by atoms with van der Waals surface area (Å²) < 4.78 is 0. The van der Waals surface area contributed by atoms with Gasteiger partial charge in [-0.15, -0.1) is 0 Å². The summed E-state index contributed by atoms with van der Waals surface area (Å²) in [6.07, 6.45) is 2.74. The largest absolute Gasteiger partial charge is 0.354 e. The molecule has 1 aromatic carbocycles. The summed E-state index contributed by atoms with van der Waals surface area (Å²) in [5, 5.41) is 2.98. The van der Waals surface area contributed by atoms with Gasteiger partial charge >= 0.3 is 0 Å². The highest BCUT2D eigenvalue weighted by atomic mass is 16.2. The molecule has 5 heteroatoms. The lowest BCUT2D eigenvalue weighted by Crippen LogP contribution is -2.36. The van der Waals surface area contributed by atoms with E-state index in [9.17, 15) is 9.59 Å². The zero-order valence-electron chi connectivity index (χ0n) is 14.8. The van der Waals surface area contributed by atoms with Gasteiger partial charge in [-0.05, 0) is 50.1 Å². The third kappa shape index (κ3) is 3.40. The Balaban J connectivity index is 1.95. The maximum atomic E-state index is 12.9.